The molecule has 96 valence electrons. The number of hydrogen-bond donors (Lipinski definition) is 1. The number of nitrogens with zero attached hydrogens (tertiary/aromatic N) is 2. The van der Waals surface area contributed by atoms with Crippen LogP contribution in [0.1, 0.15) is 6.92 Å². The molecule has 0 aromatic heterocycles. The fourth-order valence-electron chi connectivity index (χ4n) is 1.38. The van der Waals surface area contributed by atoms with Crippen molar-refractivity contribution in [3.8, 4) is 0 Å². The van der Waals surface area contributed by atoms with E-state index in [0.29, 0.717) is 6.54 Å². The zero-order valence-corrected chi connectivity index (χ0v) is 11.1. The Morgan fingerprint density at radius 1 is 1.31 bits per heavy atom. The van der Waals surface area contributed by atoms with E-state index in [0.717, 1.165) is 19.6 Å². The van der Waals surface area contributed by atoms with Crippen LogP contribution in [0.5, 0.6) is 0 Å². The molecule has 0 heterocycles. The largest absolute Gasteiger partial charge is 0.468 e. The highest BCUT2D eigenvalue weighted by molar-refractivity contribution is 5.75. The summed E-state index contributed by atoms with van der Waals surface area (Å²) in [4.78, 5) is 15.7. The molecule has 0 saturated carbocycles. The van der Waals surface area contributed by atoms with Gasteiger partial charge in [-0.1, -0.05) is 6.92 Å². The van der Waals surface area contributed by atoms with E-state index in [1.165, 1.54) is 7.11 Å². The number of nitrogens with one attached hydrogen (secondary N) is 1. The molecular formula is C11H25N3O2. The number of carbonyl (C=O) groups is 1. The van der Waals surface area contributed by atoms with Gasteiger partial charge in [-0.3, -0.25) is 4.79 Å². The highest BCUT2D eigenvalue weighted by atomic mass is 16.5. The van der Waals surface area contributed by atoms with Crippen LogP contribution in [-0.2, 0) is 9.53 Å². The molecule has 0 spiro atoms. The van der Waals surface area contributed by atoms with Gasteiger partial charge in [0, 0.05) is 19.6 Å². The quantitative estimate of drug-likeness (QED) is 0.578. The molecule has 0 amide bonds. The molecule has 0 radical (unpaired) electrons. The third-order valence-electron chi connectivity index (χ3n) is 2.36. The zero-order valence-electron chi connectivity index (χ0n) is 11.1. The Kier molecular flexibility index (Phi) is 8.15. The van der Waals surface area contributed by atoms with Crippen molar-refractivity contribution in [2.75, 3.05) is 54.4 Å². The van der Waals surface area contributed by atoms with Crippen molar-refractivity contribution in [2.45, 2.75) is 13.0 Å². The van der Waals surface area contributed by atoms with E-state index in [-0.39, 0.29) is 12.0 Å². The van der Waals surface area contributed by atoms with Crippen molar-refractivity contribution < 1.29 is 9.53 Å². The van der Waals surface area contributed by atoms with Gasteiger partial charge in [0.1, 0.15) is 6.04 Å². The highest BCUT2D eigenvalue weighted by Crippen LogP contribution is 1.93. The van der Waals surface area contributed by atoms with Gasteiger partial charge >= 0.3 is 5.97 Å². The van der Waals surface area contributed by atoms with Crippen LogP contribution in [-0.4, -0.2) is 76.2 Å². The number of likely N-dealkylation sites (N-methyl/N-ethyl adjacent to an activating group) is 3. The van der Waals surface area contributed by atoms with Crippen LogP contribution < -0.4 is 5.32 Å². The normalized spacial score (nSPS) is 13.2. The van der Waals surface area contributed by atoms with Gasteiger partial charge in [-0.2, -0.15) is 0 Å². The minimum atomic E-state index is -0.234. The van der Waals surface area contributed by atoms with E-state index >= 15 is 0 Å². The predicted molar refractivity (Wildman–Crippen MR) is 65.5 cm³/mol. The van der Waals surface area contributed by atoms with E-state index in [1.54, 1.807) is 0 Å². The average molecular weight is 231 g/mol. The van der Waals surface area contributed by atoms with Crippen molar-refractivity contribution in [1.82, 2.24) is 15.1 Å². The second-order valence-corrected chi connectivity index (χ2v) is 4.20. The molecule has 0 aliphatic rings. The summed E-state index contributed by atoms with van der Waals surface area (Å²) in [6, 6.07) is -0.234. The van der Waals surface area contributed by atoms with Gasteiger partial charge < -0.3 is 19.9 Å². The first kappa shape index (κ1) is 15.3. The minimum absolute atomic E-state index is 0.196. The standard InChI is InChI=1S/C11H25N3O2/c1-6-12-10(11(15)16-5)9-14(4)8-7-13(2)3/h10,12H,6-9H2,1-5H3. The van der Waals surface area contributed by atoms with Gasteiger partial charge in [-0.05, 0) is 27.7 Å². The molecule has 1 atom stereocenters. The lowest BCUT2D eigenvalue weighted by atomic mass is 10.2. The predicted octanol–water partition coefficient (Wildman–Crippen LogP) is -0.369. The van der Waals surface area contributed by atoms with Crippen LogP contribution >= 0.6 is 0 Å². The zero-order chi connectivity index (χ0) is 12.6. The summed E-state index contributed by atoms with van der Waals surface area (Å²) >= 11 is 0. The second-order valence-electron chi connectivity index (χ2n) is 4.20. The first-order valence-electron chi connectivity index (χ1n) is 5.65. The summed E-state index contributed by atoms with van der Waals surface area (Å²) in [6.45, 7) is 5.34. The smallest absolute Gasteiger partial charge is 0.324 e. The van der Waals surface area contributed by atoms with Crippen molar-refractivity contribution in [3.63, 3.8) is 0 Å². The maximum atomic E-state index is 11.5. The van der Waals surface area contributed by atoms with Gasteiger partial charge in [0.25, 0.3) is 0 Å². The summed E-state index contributed by atoms with van der Waals surface area (Å²) in [5.41, 5.74) is 0. The van der Waals surface area contributed by atoms with Gasteiger partial charge in [0.05, 0.1) is 7.11 Å². The molecule has 1 unspecified atom stereocenters. The summed E-state index contributed by atoms with van der Waals surface area (Å²) < 4.78 is 4.75. The third-order valence-corrected chi connectivity index (χ3v) is 2.36. The first-order chi connectivity index (χ1) is 7.51. The second kappa shape index (κ2) is 8.50. The van der Waals surface area contributed by atoms with Gasteiger partial charge in [-0.25, -0.2) is 0 Å². The number of esters is 1. The Hall–Kier alpha value is -0.650. The minimum Gasteiger partial charge on any atom is -0.468 e. The number of rotatable bonds is 8. The maximum Gasteiger partial charge on any atom is 0.324 e. The Balaban J connectivity index is 4.02. The van der Waals surface area contributed by atoms with Crippen molar-refractivity contribution in [2.24, 2.45) is 0 Å². The summed E-state index contributed by atoms with van der Waals surface area (Å²) in [5, 5.41) is 3.12. The number of ether oxygens (including phenoxy) is 1. The Labute approximate surface area is 98.7 Å². The van der Waals surface area contributed by atoms with Crippen LogP contribution in [0, 0.1) is 0 Å². The molecular weight excluding hydrogens is 206 g/mol. The van der Waals surface area contributed by atoms with Crippen LogP contribution in [0.4, 0.5) is 0 Å². The molecule has 0 aliphatic carbocycles. The lowest BCUT2D eigenvalue weighted by molar-refractivity contribution is -0.143. The Morgan fingerprint density at radius 3 is 2.38 bits per heavy atom. The van der Waals surface area contributed by atoms with Crippen LogP contribution in [0.15, 0.2) is 0 Å². The number of hydrogen-bond acceptors (Lipinski definition) is 5. The van der Waals surface area contributed by atoms with Crippen molar-refractivity contribution in [1.29, 1.82) is 0 Å². The molecule has 0 bridgehead atoms. The average Bonchev–Trinajstić information content (AvgIpc) is 2.24. The van der Waals surface area contributed by atoms with E-state index in [9.17, 15) is 4.79 Å². The van der Waals surface area contributed by atoms with E-state index in [2.05, 4.69) is 15.1 Å². The SMILES string of the molecule is CCNC(CN(C)CCN(C)C)C(=O)OC. The molecule has 0 fully saturated rings. The highest BCUT2D eigenvalue weighted by Gasteiger charge is 2.19. The summed E-state index contributed by atoms with van der Waals surface area (Å²) in [5.74, 6) is -0.196. The molecule has 0 aromatic rings. The topological polar surface area (TPSA) is 44.8 Å². The molecule has 5 heteroatoms. The third kappa shape index (κ3) is 6.76. The fourth-order valence-corrected chi connectivity index (χ4v) is 1.38. The van der Waals surface area contributed by atoms with E-state index in [1.807, 2.05) is 28.1 Å². The van der Waals surface area contributed by atoms with E-state index < -0.39 is 0 Å². The molecule has 0 aromatic carbocycles. The first-order valence-corrected chi connectivity index (χ1v) is 5.65. The van der Waals surface area contributed by atoms with Gasteiger partial charge in [-0.15, -0.1) is 0 Å². The summed E-state index contributed by atoms with van der Waals surface area (Å²) in [7, 11) is 7.51. The molecule has 0 rings (SSSR count). The molecule has 16 heavy (non-hydrogen) atoms. The van der Waals surface area contributed by atoms with Crippen LogP contribution in [0.2, 0.25) is 0 Å². The molecule has 0 saturated heterocycles. The van der Waals surface area contributed by atoms with Gasteiger partial charge in [0.2, 0.25) is 0 Å². The van der Waals surface area contributed by atoms with Crippen molar-refractivity contribution in [3.05, 3.63) is 0 Å². The van der Waals surface area contributed by atoms with E-state index in [4.69, 9.17) is 4.74 Å². The van der Waals surface area contributed by atoms with Gasteiger partial charge in [0.15, 0.2) is 0 Å². The van der Waals surface area contributed by atoms with Crippen LogP contribution in [0.25, 0.3) is 0 Å². The fraction of sp³-hybridized carbons (Fsp3) is 0.909. The monoisotopic (exact) mass is 231 g/mol. The molecule has 5 nitrogen and oxygen atoms in total. The lowest BCUT2D eigenvalue weighted by Gasteiger charge is -2.24. The Bertz CT molecular complexity index is 198. The van der Waals surface area contributed by atoms with Crippen LogP contribution in [0.3, 0.4) is 0 Å². The lowest BCUT2D eigenvalue weighted by Crippen LogP contribution is -2.46. The number of carbonyl (C=O) groups excluding carboxylic acids is 1. The number of methoxy groups -OCH3 is 1. The Morgan fingerprint density at radius 2 is 1.94 bits per heavy atom. The maximum absolute atomic E-state index is 11.5. The van der Waals surface area contributed by atoms with Crippen molar-refractivity contribution >= 4 is 5.97 Å². The molecule has 0 aliphatic heterocycles. The molecule has 1 N–H and O–H groups in total. The summed E-state index contributed by atoms with van der Waals surface area (Å²) in [6.07, 6.45) is 0.